The number of anilines is 1. The average molecular weight is 352 g/mol. The molecular weight excluding hydrogens is 336 g/mol. The zero-order valence-electron chi connectivity index (χ0n) is 13.4. The number of thiophene rings is 1. The molecule has 4 rings (SSSR count). The largest absolute Gasteiger partial charge is 0.383 e. The van der Waals surface area contributed by atoms with Crippen molar-refractivity contribution in [2.24, 2.45) is 0 Å². The van der Waals surface area contributed by atoms with Crippen LogP contribution >= 0.6 is 23.1 Å². The van der Waals surface area contributed by atoms with Crippen molar-refractivity contribution in [1.29, 1.82) is 0 Å². The molecule has 4 nitrogen and oxygen atoms in total. The Morgan fingerprint density at radius 1 is 1.12 bits per heavy atom. The first-order chi connectivity index (χ1) is 11.6. The van der Waals surface area contributed by atoms with E-state index in [4.69, 9.17) is 5.73 Å². The van der Waals surface area contributed by atoms with Crippen molar-refractivity contribution in [2.75, 3.05) is 5.73 Å². The first-order valence-electron chi connectivity index (χ1n) is 7.62. The van der Waals surface area contributed by atoms with Gasteiger partial charge in [-0.1, -0.05) is 36.0 Å². The maximum atomic E-state index is 6.16. The van der Waals surface area contributed by atoms with E-state index in [9.17, 15) is 0 Å². The Morgan fingerprint density at radius 2 is 1.96 bits per heavy atom. The highest BCUT2D eigenvalue weighted by molar-refractivity contribution is 7.98. The number of fused-ring (bicyclic) bond motifs is 2. The lowest BCUT2D eigenvalue weighted by molar-refractivity contribution is 1.02. The third kappa shape index (κ3) is 2.61. The van der Waals surface area contributed by atoms with Crippen LogP contribution in [0.3, 0.4) is 0 Å². The SMILES string of the molecule is Cc1sc2nc(SCc3cccc4cccnc34)nc(N)c2c1C. The summed E-state index contributed by atoms with van der Waals surface area (Å²) in [7, 11) is 0. The van der Waals surface area contributed by atoms with Crippen LogP contribution in [0.1, 0.15) is 16.0 Å². The maximum absolute atomic E-state index is 6.16. The van der Waals surface area contributed by atoms with Crippen molar-refractivity contribution >= 4 is 50.0 Å². The maximum Gasteiger partial charge on any atom is 0.191 e. The topological polar surface area (TPSA) is 64.7 Å². The predicted octanol–water partition coefficient (Wildman–Crippen LogP) is 4.73. The molecule has 0 unspecified atom stereocenters. The molecule has 0 aliphatic rings. The molecule has 6 heteroatoms. The lowest BCUT2D eigenvalue weighted by atomic mass is 10.1. The van der Waals surface area contributed by atoms with Gasteiger partial charge in [-0.2, -0.15) is 0 Å². The molecule has 1 aromatic carbocycles. The molecule has 3 aromatic heterocycles. The molecule has 0 radical (unpaired) electrons. The number of hydrogen-bond acceptors (Lipinski definition) is 6. The first-order valence-corrected chi connectivity index (χ1v) is 9.42. The van der Waals surface area contributed by atoms with Gasteiger partial charge in [-0.05, 0) is 31.0 Å². The van der Waals surface area contributed by atoms with Crippen molar-refractivity contribution in [1.82, 2.24) is 15.0 Å². The molecule has 0 aliphatic heterocycles. The van der Waals surface area contributed by atoms with Gasteiger partial charge in [-0.3, -0.25) is 4.98 Å². The highest BCUT2D eigenvalue weighted by Crippen LogP contribution is 2.34. The van der Waals surface area contributed by atoms with Gasteiger partial charge in [0.25, 0.3) is 0 Å². The fraction of sp³-hybridized carbons (Fsp3) is 0.167. The summed E-state index contributed by atoms with van der Waals surface area (Å²) in [5, 5.41) is 2.86. The second-order valence-corrected chi connectivity index (χ2v) is 7.78. The van der Waals surface area contributed by atoms with Crippen LogP contribution in [0.2, 0.25) is 0 Å². The van der Waals surface area contributed by atoms with Gasteiger partial charge in [0, 0.05) is 22.2 Å². The fourth-order valence-corrected chi connectivity index (χ4v) is 4.68. The summed E-state index contributed by atoms with van der Waals surface area (Å²) < 4.78 is 0. The molecular formula is C18H16N4S2. The Hall–Kier alpha value is -2.18. The number of aryl methyl sites for hydroxylation is 2. The summed E-state index contributed by atoms with van der Waals surface area (Å²) in [4.78, 5) is 15.9. The molecule has 0 saturated heterocycles. The molecule has 2 N–H and O–H groups in total. The minimum absolute atomic E-state index is 0.570. The molecule has 0 saturated carbocycles. The molecule has 0 bridgehead atoms. The van der Waals surface area contributed by atoms with Crippen molar-refractivity contribution in [3.8, 4) is 0 Å². The van der Waals surface area contributed by atoms with Gasteiger partial charge < -0.3 is 5.73 Å². The van der Waals surface area contributed by atoms with Crippen LogP contribution in [0, 0.1) is 13.8 Å². The standard InChI is InChI=1S/C18H16N4S2/c1-10-11(2)24-17-14(10)16(19)21-18(22-17)23-9-13-6-3-5-12-7-4-8-20-15(12)13/h3-8H,9H2,1-2H3,(H2,19,21,22). The number of aromatic nitrogens is 3. The lowest BCUT2D eigenvalue weighted by Crippen LogP contribution is -1.96. The molecule has 0 atom stereocenters. The van der Waals surface area contributed by atoms with Crippen molar-refractivity contribution in [3.63, 3.8) is 0 Å². The molecule has 0 aliphatic carbocycles. The third-order valence-electron chi connectivity index (χ3n) is 4.11. The van der Waals surface area contributed by atoms with Crippen LogP contribution in [-0.4, -0.2) is 15.0 Å². The molecule has 0 amide bonds. The molecule has 0 fully saturated rings. The monoisotopic (exact) mass is 352 g/mol. The normalized spacial score (nSPS) is 11.4. The minimum Gasteiger partial charge on any atom is -0.383 e. The van der Waals surface area contributed by atoms with Crippen LogP contribution in [0.25, 0.3) is 21.1 Å². The third-order valence-corrected chi connectivity index (χ3v) is 6.11. The van der Waals surface area contributed by atoms with E-state index in [2.05, 4.69) is 53.1 Å². The van der Waals surface area contributed by atoms with Crippen molar-refractivity contribution in [2.45, 2.75) is 24.8 Å². The second kappa shape index (κ2) is 6.03. The summed E-state index contributed by atoms with van der Waals surface area (Å²) in [6, 6.07) is 10.3. The zero-order valence-corrected chi connectivity index (χ0v) is 15.0. The van der Waals surface area contributed by atoms with E-state index in [-0.39, 0.29) is 0 Å². The van der Waals surface area contributed by atoms with Gasteiger partial charge in [0.1, 0.15) is 10.6 Å². The number of nitrogens with zero attached hydrogens (tertiary/aromatic N) is 3. The van der Waals surface area contributed by atoms with Gasteiger partial charge in [0.05, 0.1) is 10.9 Å². The second-order valence-electron chi connectivity index (χ2n) is 5.64. The summed E-state index contributed by atoms with van der Waals surface area (Å²) in [6.07, 6.45) is 1.83. The lowest BCUT2D eigenvalue weighted by Gasteiger charge is -2.06. The highest BCUT2D eigenvalue weighted by Gasteiger charge is 2.13. The van der Waals surface area contributed by atoms with Gasteiger partial charge in [-0.25, -0.2) is 9.97 Å². The Kier molecular flexibility index (Phi) is 3.86. The number of thioether (sulfide) groups is 1. The van der Waals surface area contributed by atoms with Gasteiger partial charge >= 0.3 is 0 Å². The molecule has 0 spiro atoms. The van der Waals surface area contributed by atoms with Crippen LogP contribution in [0.5, 0.6) is 0 Å². The van der Waals surface area contributed by atoms with E-state index in [1.54, 1.807) is 23.1 Å². The summed E-state index contributed by atoms with van der Waals surface area (Å²) in [5.41, 5.74) is 9.55. The van der Waals surface area contributed by atoms with Crippen molar-refractivity contribution in [3.05, 3.63) is 52.5 Å². The van der Waals surface area contributed by atoms with E-state index in [1.165, 1.54) is 16.0 Å². The number of nitrogens with two attached hydrogens (primary N) is 1. The Bertz CT molecular complexity index is 1050. The first kappa shape index (κ1) is 15.4. The predicted molar refractivity (Wildman–Crippen MR) is 103 cm³/mol. The number of para-hydroxylation sites is 1. The van der Waals surface area contributed by atoms with Crippen LogP contribution in [-0.2, 0) is 5.75 Å². The van der Waals surface area contributed by atoms with E-state index in [1.807, 2.05) is 12.3 Å². The number of benzene rings is 1. The van der Waals surface area contributed by atoms with E-state index in [0.29, 0.717) is 11.0 Å². The molecule has 4 aromatic rings. The number of nitrogen functional groups attached to an aromatic ring is 1. The van der Waals surface area contributed by atoms with E-state index < -0.39 is 0 Å². The van der Waals surface area contributed by atoms with Crippen LogP contribution in [0.4, 0.5) is 5.82 Å². The summed E-state index contributed by atoms with van der Waals surface area (Å²) in [6.45, 7) is 4.16. The summed E-state index contributed by atoms with van der Waals surface area (Å²) in [5.74, 6) is 1.34. The molecule has 24 heavy (non-hydrogen) atoms. The van der Waals surface area contributed by atoms with E-state index >= 15 is 0 Å². The highest BCUT2D eigenvalue weighted by atomic mass is 32.2. The minimum atomic E-state index is 0.570. The average Bonchev–Trinajstić information content (AvgIpc) is 2.87. The zero-order chi connectivity index (χ0) is 16.7. The van der Waals surface area contributed by atoms with E-state index in [0.717, 1.165) is 26.9 Å². The summed E-state index contributed by atoms with van der Waals surface area (Å²) >= 11 is 3.27. The quantitative estimate of drug-likeness (QED) is 0.426. The fourth-order valence-electron chi connectivity index (χ4n) is 2.75. The molecule has 3 heterocycles. The van der Waals surface area contributed by atoms with Gasteiger partial charge in [0.15, 0.2) is 5.16 Å². The Balaban J connectivity index is 1.67. The number of pyridine rings is 1. The number of rotatable bonds is 3. The van der Waals surface area contributed by atoms with Gasteiger partial charge in [-0.15, -0.1) is 11.3 Å². The Labute approximate surface area is 148 Å². The van der Waals surface area contributed by atoms with Crippen LogP contribution < -0.4 is 5.73 Å². The van der Waals surface area contributed by atoms with Gasteiger partial charge in [0.2, 0.25) is 0 Å². The van der Waals surface area contributed by atoms with Crippen molar-refractivity contribution < 1.29 is 0 Å². The smallest absolute Gasteiger partial charge is 0.191 e. The molecule has 120 valence electrons. The van der Waals surface area contributed by atoms with Crippen LogP contribution in [0.15, 0.2) is 41.7 Å². The Morgan fingerprint density at radius 3 is 2.83 bits per heavy atom. The number of hydrogen-bond donors (Lipinski definition) is 1.